The van der Waals surface area contributed by atoms with Gasteiger partial charge in [0.15, 0.2) is 17.3 Å². The van der Waals surface area contributed by atoms with Crippen LogP contribution in [0.2, 0.25) is 0 Å². The van der Waals surface area contributed by atoms with Gasteiger partial charge in [-0.3, -0.25) is 4.79 Å². The summed E-state index contributed by atoms with van der Waals surface area (Å²) in [6, 6.07) is 4.66. The van der Waals surface area contributed by atoms with Crippen LogP contribution < -0.4 is 19.6 Å². The largest absolute Gasteiger partial charge is 0.507 e. The number of fused-ring (bicyclic) bond motifs is 1. The number of hydrogen-bond donors (Lipinski definition) is 7. The maximum absolute atomic E-state index is 13.5. The Balaban J connectivity index is 1.94. The first kappa shape index (κ1) is 25.3. The predicted molar refractivity (Wildman–Crippen MR) is 120 cm³/mol. The Morgan fingerprint density at radius 2 is 1.53 bits per heavy atom. The first-order valence-electron chi connectivity index (χ1n) is 10.6. The van der Waals surface area contributed by atoms with Crippen molar-refractivity contribution in [2.75, 3.05) is 20.8 Å². The fraction of sp³-hybridized carbons (Fsp3) is 0.348. The van der Waals surface area contributed by atoms with Crippen molar-refractivity contribution in [3.63, 3.8) is 0 Å². The number of ether oxygens (including phenoxy) is 4. The molecule has 1 aliphatic heterocycles. The zero-order chi connectivity index (χ0) is 26.3. The summed E-state index contributed by atoms with van der Waals surface area (Å²) in [5, 5.41) is 70.6. The van der Waals surface area contributed by atoms with Gasteiger partial charge in [-0.25, -0.2) is 0 Å². The minimum Gasteiger partial charge on any atom is -0.507 e. The molecule has 1 saturated heterocycles. The zero-order valence-electron chi connectivity index (χ0n) is 19.0. The van der Waals surface area contributed by atoms with Crippen molar-refractivity contribution in [3.05, 3.63) is 34.5 Å². The lowest BCUT2D eigenvalue weighted by Gasteiger charge is -2.39. The molecule has 0 saturated carbocycles. The van der Waals surface area contributed by atoms with Crippen molar-refractivity contribution in [1.82, 2.24) is 0 Å². The van der Waals surface area contributed by atoms with Crippen LogP contribution >= 0.6 is 0 Å². The van der Waals surface area contributed by atoms with Gasteiger partial charge < -0.3 is 59.1 Å². The number of aromatic hydroxyl groups is 3. The first-order valence-corrected chi connectivity index (χ1v) is 10.6. The molecule has 1 fully saturated rings. The molecule has 13 nitrogen and oxygen atoms in total. The highest BCUT2D eigenvalue weighted by Gasteiger charge is 2.45. The van der Waals surface area contributed by atoms with Gasteiger partial charge in [0.25, 0.3) is 0 Å². The van der Waals surface area contributed by atoms with Gasteiger partial charge in [0.2, 0.25) is 23.2 Å². The van der Waals surface area contributed by atoms with E-state index in [4.69, 9.17) is 23.4 Å². The van der Waals surface area contributed by atoms with E-state index in [9.17, 15) is 40.5 Å². The summed E-state index contributed by atoms with van der Waals surface area (Å²) in [4.78, 5) is 13.5. The SMILES string of the molecule is COc1cc(O)c2c(=O)c(O[C@H]3O[C@H](CO)[C@H](O)C(O)C3O)c(-c3cc(O)c(OC)c(O)c3)oc2c1. The van der Waals surface area contributed by atoms with E-state index in [-0.39, 0.29) is 33.8 Å². The minimum atomic E-state index is -1.87. The normalized spacial score (nSPS) is 24.0. The van der Waals surface area contributed by atoms with Gasteiger partial charge in [-0.2, -0.15) is 0 Å². The summed E-state index contributed by atoms with van der Waals surface area (Å²) in [6.07, 6.45) is -8.46. The van der Waals surface area contributed by atoms with Crippen molar-refractivity contribution >= 4 is 11.0 Å². The number of rotatable bonds is 6. The molecule has 0 bridgehead atoms. The lowest BCUT2D eigenvalue weighted by Crippen LogP contribution is -2.60. The molecule has 194 valence electrons. The molecule has 3 aromatic rings. The Labute approximate surface area is 202 Å². The average molecular weight is 508 g/mol. The molecule has 0 radical (unpaired) electrons. The molecule has 2 unspecified atom stereocenters. The molecule has 4 rings (SSSR count). The molecule has 0 aliphatic carbocycles. The predicted octanol–water partition coefficient (Wildman–Crippen LogP) is -0.227. The van der Waals surface area contributed by atoms with Crippen LogP contribution in [0.5, 0.6) is 34.5 Å². The second-order valence-electron chi connectivity index (χ2n) is 7.97. The average Bonchev–Trinajstić information content (AvgIpc) is 2.84. The molecule has 5 atom stereocenters. The van der Waals surface area contributed by atoms with E-state index in [1.807, 2.05) is 0 Å². The summed E-state index contributed by atoms with van der Waals surface area (Å²) >= 11 is 0. The lowest BCUT2D eigenvalue weighted by atomic mass is 9.99. The van der Waals surface area contributed by atoms with Gasteiger partial charge in [0.1, 0.15) is 46.9 Å². The van der Waals surface area contributed by atoms with Gasteiger partial charge in [-0.1, -0.05) is 0 Å². The van der Waals surface area contributed by atoms with E-state index < -0.39 is 65.7 Å². The zero-order valence-corrected chi connectivity index (χ0v) is 19.0. The highest BCUT2D eigenvalue weighted by molar-refractivity contribution is 5.88. The number of phenols is 3. The van der Waals surface area contributed by atoms with Crippen LogP contribution in [0.25, 0.3) is 22.3 Å². The number of aliphatic hydroxyl groups excluding tert-OH is 4. The first-order chi connectivity index (χ1) is 17.1. The third-order valence-corrected chi connectivity index (χ3v) is 5.74. The molecule has 1 aromatic heterocycles. The monoisotopic (exact) mass is 508 g/mol. The Kier molecular flexibility index (Phi) is 6.84. The molecule has 7 N–H and O–H groups in total. The number of phenolic OH excluding ortho intramolecular Hbond substituents is 3. The third kappa shape index (κ3) is 4.23. The Hall–Kier alpha value is -3.75. The van der Waals surface area contributed by atoms with Gasteiger partial charge in [0, 0.05) is 17.7 Å². The standard InChI is InChI=1S/C23H24O13/c1-32-9-5-10(25)15-13(6-9)34-20(8-3-11(26)21(33-2)12(27)4-8)22(17(15)29)36-23-19(31)18(30)16(28)14(7-24)35-23/h3-6,14,16,18-19,23-28,30-31H,7H2,1-2H3/t14-,16+,18?,19?,23-/m1/s1. The maximum atomic E-state index is 13.5. The quantitative estimate of drug-likeness (QED) is 0.230. The summed E-state index contributed by atoms with van der Waals surface area (Å²) in [5.74, 6) is -2.66. The van der Waals surface area contributed by atoms with Crippen molar-refractivity contribution in [3.8, 4) is 45.8 Å². The molecule has 1 aliphatic rings. The fourth-order valence-corrected chi connectivity index (χ4v) is 3.89. The molecule has 0 spiro atoms. The molecule has 13 heteroatoms. The van der Waals surface area contributed by atoms with Gasteiger partial charge in [-0.15, -0.1) is 0 Å². The Morgan fingerprint density at radius 1 is 0.861 bits per heavy atom. The van der Waals surface area contributed by atoms with E-state index in [1.165, 1.54) is 20.3 Å². The van der Waals surface area contributed by atoms with Crippen LogP contribution in [0.3, 0.4) is 0 Å². The summed E-state index contributed by atoms with van der Waals surface area (Å²) in [5.41, 5.74) is -1.17. The van der Waals surface area contributed by atoms with E-state index >= 15 is 0 Å². The number of benzene rings is 2. The van der Waals surface area contributed by atoms with E-state index in [0.29, 0.717) is 0 Å². The molecule has 2 aromatic carbocycles. The van der Waals surface area contributed by atoms with Gasteiger partial charge in [-0.05, 0) is 12.1 Å². The molecule has 0 amide bonds. The van der Waals surface area contributed by atoms with Crippen LogP contribution in [0, 0.1) is 0 Å². The summed E-state index contributed by atoms with van der Waals surface area (Å²) < 4.78 is 26.7. The van der Waals surface area contributed by atoms with E-state index in [2.05, 4.69) is 0 Å². The lowest BCUT2D eigenvalue weighted by molar-refractivity contribution is -0.277. The van der Waals surface area contributed by atoms with Crippen LogP contribution in [-0.4, -0.2) is 87.3 Å². The van der Waals surface area contributed by atoms with Crippen molar-refractivity contribution in [1.29, 1.82) is 0 Å². The summed E-state index contributed by atoms with van der Waals surface area (Å²) in [7, 11) is 2.54. The second kappa shape index (κ2) is 9.72. The van der Waals surface area contributed by atoms with Gasteiger partial charge >= 0.3 is 0 Å². The van der Waals surface area contributed by atoms with Gasteiger partial charge in [0.05, 0.1) is 20.8 Å². The second-order valence-corrected chi connectivity index (χ2v) is 7.97. The Bertz CT molecular complexity index is 1310. The molecular formula is C23H24O13. The van der Waals surface area contributed by atoms with Crippen molar-refractivity contribution in [2.24, 2.45) is 0 Å². The van der Waals surface area contributed by atoms with Crippen LogP contribution in [-0.2, 0) is 4.74 Å². The van der Waals surface area contributed by atoms with Crippen LogP contribution in [0.1, 0.15) is 0 Å². The van der Waals surface area contributed by atoms with E-state index in [1.54, 1.807) is 0 Å². The molecule has 36 heavy (non-hydrogen) atoms. The highest BCUT2D eigenvalue weighted by Crippen LogP contribution is 2.43. The highest BCUT2D eigenvalue weighted by atomic mass is 16.7. The van der Waals surface area contributed by atoms with E-state index in [0.717, 1.165) is 18.2 Å². The topological polar surface area (TPSA) is 209 Å². The smallest absolute Gasteiger partial charge is 0.239 e. The number of methoxy groups -OCH3 is 2. The molecular weight excluding hydrogens is 484 g/mol. The Morgan fingerprint density at radius 3 is 2.11 bits per heavy atom. The minimum absolute atomic E-state index is 0.0771. The summed E-state index contributed by atoms with van der Waals surface area (Å²) in [6.45, 7) is -0.745. The van der Waals surface area contributed by atoms with Crippen LogP contribution in [0.4, 0.5) is 0 Å². The number of aliphatic hydroxyl groups is 4. The van der Waals surface area contributed by atoms with Crippen LogP contribution in [0.15, 0.2) is 33.5 Å². The third-order valence-electron chi connectivity index (χ3n) is 5.74. The fourth-order valence-electron chi connectivity index (χ4n) is 3.89. The number of hydrogen-bond acceptors (Lipinski definition) is 13. The van der Waals surface area contributed by atoms with Crippen molar-refractivity contribution < 1.29 is 59.1 Å². The maximum Gasteiger partial charge on any atom is 0.239 e. The van der Waals surface area contributed by atoms with Crippen molar-refractivity contribution in [2.45, 2.75) is 30.7 Å². The molecule has 2 heterocycles.